The zero-order valence-corrected chi connectivity index (χ0v) is 19.6. The largest absolute Gasteiger partial charge is 0.388 e. The van der Waals surface area contributed by atoms with Crippen LogP contribution in [0.15, 0.2) is 4.99 Å². The van der Waals surface area contributed by atoms with E-state index in [2.05, 4.69) is 46.2 Å². The van der Waals surface area contributed by atoms with E-state index in [1.807, 2.05) is 0 Å². The summed E-state index contributed by atoms with van der Waals surface area (Å²) >= 11 is 0. The monoisotopic (exact) mass is 423 g/mol. The number of guanidine groups is 1. The van der Waals surface area contributed by atoms with Crippen molar-refractivity contribution < 1.29 is 9.90 Å². The van der Waals surface area contributed by atoms with Gasteiger partial charge in [0.25, 0.3) is 0 Å². The Morgan fingerprint density at radius 2 is 1.67 bits per heavy atom. The Morgan fingerprint density at radius 3 is 2.23 bits per heavy atom. The van der Waals surface area contributed by atoms with Crippen LogP contribution in [0.25, 0.3) is 0 Å². The molecule has 3 N–H and O–H groups in total. The van der Waals surface area contributed by atoms with E-state index < -0.39 is 5.60 Å². The van der Waals surface area contributed by atoms with Gasteiger partial charge in [0.2, 0.25) is 5.91 Å². The van der Waals surface area contributed by atoms with E-state index in [-0.39, 0.29) is 5.92 Å². The van der Waals surface area contributed by atoms with Gasteiger partial charge in [-0.2, -0.15) is 0 Å². The molecule has 1 saturated heterocycles. The molecule has 174 valence electrons. The zero-order chi connectivity index (χ0) is 21.8. The molecule has 0 spiro atoms. The van der Waals surface area contributed by atoms with Gasteiger partial charge in [-0.05, 0) is 32.6 Å². The third kappa shape index (κ3) is 8.06. The first-order chi connectivity index (χ1) is 14.5. The van der Waals surface area contributed by atoms with Gasteiger partial charge in [0.15, 0.2) is 5.96 Å². The predicted octanol–water partition coefficient (Wildman–Crippen LogP) is 2.21. The van der Waals surface area contributed by atoms with Crippen molar-refractivity contribution in [2.45, 2.75) is 77.7 Å². The molecule has 0 atom stereocenters. The summed E-state index contributed by atoms with van der Waals surface area (Å²) in [5.41, 5.74) is -0.700. The Morgan fingerprint density at radius 1 is 1.03 bits per heavy atom. The summed E-state index contributed by atoms with van der Waals surface area (Å²) in [4.78, 5) is 21.7. The molecule has 2 rings (SSSR count). The molecule has 7 heteroatoms. The zero-order valence-electron chi connectivity index (χ0n) is 19.6. The molecule has 2 fully saturated rings. The van der Waals surface area contributed by atoms with E-state index >= 15 is 0 Å². The summed E-state index contributed by atoms with van der Waals surface area (Å²) in [5.74, 6) is 1.45. The summed E-state index contributed by atoms with van der Waals surface area (Å²) in [6, 6.07) is 0. The minimum absolute atomic E-state index is 0.288. The molecule has 1 amide bonds. The molecule has 2 aliphatic rings. The van der Waals surface area contributed by atoms with Gasteiger partial charge in [0.05, 0.1) is 12.1 Å². The first-order valence-corrected chi connectivity index (χ1v) is 12.3. The van der Waals surface area contributed by atoms with Gasteiger partial charge in [-0.25, -0.2) is 0 Å². The van der Waals surface area contributed by atoms with Gasteiger partial charge in [0.1, 0.15) is 0 Å². The maximum atomic E-state index is 12.6. The second-order valence-electron chi connectivity index (χ2n) is 8.99. The first-order valence-electron chi connectivity index (χ1n) is 12.3. The third-order valence-corrected chi connectivity index (χ3v) is 6.42. The molecule has 0 aromatic rings. The van der Waals surface area contributed by atoms with Gasteiger partial charge in [-0.3, -0.25) is 14.7 Å². The number of carbonyl (C=O) groups is 1. The van der Waals surface area contributed by atoms with Gasteiger partial charge in [0, 0.05) is 51.7 Å². The number of carbonyl (C=O) groups excluding carboxylic acids is 1. The van der Waals surface area contributed by atoms with Gasteiger partial charge < -0.3 is 20.6 Å². The molecule has 30 heavy (non-hydrogen) atoms. The SMILES string of the molecule is CCCC(O)(CCC)CN=C(NCC)NCCN1CCN(C(=O)C2CCCC2)CC1. The van der Waals surface area contributed by atoms with E-state index in [4.69, 9.17) is 0 Å². The lowest BCUT2D eigenvalue weighted by Crippen LogP contribution is -2.52. The lowest BCUT2D eigenvalue weighted by molar-refractivity contribution is -0.137. The number of aliphatic hydroxyl groups is 1. The number of hydrogen-bond acceptors (Lipinski definition) is 4. The number of nitrogens with one attached hydrogen (secondary N) is 2. The highest BCUT2D eigenvalue weighted by molar-refractivity contribution is 5.80. The number of piperazine rings is 1. The molecule has 1 aliphatic carbocycles. The normalized spacial score (nSPS) is 19.3. The van der Waals surface area contributed by atoms with Crippen LogP contribution in [0.3, 0.4) is 0 Å². The molecule has 1 heterocycles. The number of aliphatic imine (C=N–C) groups is 1. The van der Waals surface area contributed by atoms with Crippen LogP contribution in [0, 0.1) is 5.92 Å². The highest BCUT2D eigenvalue weighted by atomic mass is 16.3. The molecule has 0 unspecified atom stereocenters. The fraction of sp³-hybridized carbons (Fsp3) is 0.913. The number of hydrogen-bond donors (Lipinski definition) is 3. The smallest absolute Gasteiger partial charge is 0.225 e. The number of nitrogens with zero attached hydrogens (tertiary/aromatic N) is 3. The maximum absolute atomic E-state index is 12.6. The van der Waals surface area contributed by atoms with Gasteiger partial charge in [-0.1, -0.05) is 39.5 Å². The van der Waals surface area contributed by atoms with Crippen molar-refractivity contribution in [2.75, 3.05) is 52.4 Å². The van der Waals surface area contributed by atoms with Crippen LogP contribution in [0.4, 0.5) is 0 Å². The minimum atomic E-state index is -0.700. The highest BCUT2D eigenvalue weighted by Crippen LogP contribution is 2.26. The Labute approximate surface area is 183 Å². The summed E-state index contributed by atoms with van der Waals surface area (Å²) < 4.78 is 0. The molecule has 0 bridgehead atoms. The second-order valence-corrected chi connectivity index (χ2v) is 8.99. The van der Waals surface area contributed by atoms with Crippen LogP contribution >= 0.6 is 0 Å². The minimum Gasteiger partial charge on any atom is -0.388 e. The van der Waals surface area contributed by atoms with E-state index in [9.17, 15) is 9.90 Å². The average Bonchev–Trinajstić information content (AvgIpc) is 3.27. The fourth-order valence-electron chi connectivity index (χ4n) is 4.74. The third-order valence-electron chi connectivity index (χ3n) is 6.42. The fourth-order valence-corrected chi connectivity index (χ4v) is 4.74. The van der Waals surface area contributed by atoms with Crippen molar-refractivity contribution in [3.63, 3.8) is 0 Å². The van der Waals surface area contributed by atoms with E-state index in [1.54, 1.807) is 0 Å². The average molecular weight is 424 g/mol. The van der Waals surface area contributed by atoms with Crippen molar-refractivity contribution in [3.05, 3.63) is 0 Å². The first kappa shape index (κ1) is 24.9. The Hall–Kier alpha value is -1.34. The van der Waals surface area contributed by atoms with Crippen LogP contribution in [0.1, 0.15) is 72.1 Å². The van der Waals surface area contributed by atoms with Crippen LogP contribution in [0.2, 0.25) is 0 Å². The van der Waals surface area contributed by atoms with Gasteiger partial charge in [-0.15, -0.1) is 0 Å². The van der Waals surface area contributed by atoms with E-state index in [0.717, 1.165) is 90.3 Å². The van der Waals surface area contributed by atoms with Crippen molar-refractivity contribution in [3.8, 4) is 0 Å². The summed E-state index contributed by atoms with van der Waals surface area (Å²) in [6.45, 7) is 12.8. The Balaban J connectivity index is 1.73. The number of rotatable bonds is 11. The lowest BCUT2D eigenvalue weighted by atomic mass is 9.93. The molecular weight excluding hydrogens is 378 g/mol. The molecule has 0 aromatic heterocycles. The summed E-state index contributed by atoms with van der Waals surface area (Å²) in [6.07, 6.45) is 8.10. The molecule has 1 aliphatic heterocycles. The van der Waals surface area contributed by atoms with Crippen LogP contribution in [-0.2, 0) is 4.79 Å². The molecule has 0 radical (unpaired) electrons. The predicted molar refractivity (Wildman–Crippen MR) is 124 cm³/mol. The quantitative estimate of drug-likeness (QED) is 0.351. The standard InChI is InChI=1S/C23H45N5O2/c1-4-11-23(30,12-5-2)19-26-22(24-6-3)25-13-14-27-15-17-28(18-16-27)21(29)20-9-7-8-10-20/h20,30H,4-19H2,1-3H3,(H2,24,25,26). The van der Waals surface area contributed by atoms with Crippen LogP contribution in [-0.4, -0.2) is 84.7 Å². The van der Waals surface area contributed by atoms with E-state index in [0.29, 0.717) is 12.5 Å². The second kappa shape index (κ2) is 13.2. The Kier molecular flexibility index (Phi) is 10.9. The topological polar surface area (TPSA) is 80.2 Å². The maximum Gasteiger partial charge on any atom is 0.225 e. The Bertz CT molecular complexity index is 520. The molecule has 7 nitrogen and oxygen atoms in total. The van der Waals surface area contributed by atoms with Crippen LogP contribution in [0.5, 0.6) is 0 Å². The van der Waals surface area contributed by atoms with Crippen molar-refractivity contribution in [2.24, 2.45) is 10.9 Å². The summed E-state index contributed by atoms with van der Waals surface area (Å²) in [5, 5.41) is 17.5. The highest BCUT2D eigenvalue weighted by Gasteiger charge is 2.29. The summed E-state index contributed by atoms with van der Waals surface area (Å²) in [7, 11) is 0. The molecular formula is C23H45N5O2. The molecule has 1 saturated carbocycles. The molecule has 0 aromatic carbocycles. The van der Waals surface area contributed by atoms with Crippen molar-refractivity contribution >= 4 is 11.9 Å². The lowest BCUT2D eigenvalue weighted by Gasteiger charge is -2.36. The van der Waals surface area contributed by atoms with Gasteiger partial charge >= 0.3 is 0 Å². The van der Waals surface area contributed by atoms with Crippen molar-refractivity contribution in [1.82, 2.24) is 20.4 Å². The van der Waals surface area contributed by atoms with E-state index in [1.165, 1.54) is 12.8 Å². The van der Waals surface area contributed by atoms with Crippen LogP contribution < -0.4 is 10.6 Å². The van der Waals surface area contributed by atoms with Crippen molar-refractivity contribution in [1.29, 1.82) is 0 Å². The number of amides is 1.